The van der Waals surface area contributed by atoms with Crippen LogP contribution in [0.15, 0.2) is 40.9 Å². The van der Waals surface area contributed by atoms with Crippen LogP contribution in [-0.4, -0.2) is 17.4 Å². The first kappa shape index (κ1) is 14.6. The molecule has 2 rings (SSSR count). The van der Waals surface area contributed by atoms with E-state index in [0.29, 0.717) is 17.0 Å². The molecule has 1 heterocycles. The van der Waals surface area contributed by atoms with Gasteiger partial charge in [-0.05, 0) is 23.1 Å². The van der Waals surface area contributed by atoms with E-state index in [1.165, 1.54) is 30.1 Å². The second-order valence-electron chi connectivity index (χ2n) is 4.05. The molecule has 0 aromatic heterocycles. The standard InChI is InChI=1S/C13H11F3N2OS/c14-13(15,16)10-3-1-2-9(6-10)7-18-12(19)11-8-20-5-4-17-11/h1-6H,7-8H2,(H,18,19). The number of nitrogens with zero attached hydrogens (tertiary/aromatic N) is 1. The van der Waals surface area contributed by atoms with Gasteiger partial charge in [0.05, 0.1) is 5.56 Å². The van der Waals surface area contributed by atoms with Crippen molar-refractivity contribution in [3.63, 3.8) is 0 Å². The summed E-state index contributed by atoms with van der Waals surface area (Å²) in [4.78, 5) is 15.7. The van der Waals surface area contributed by atoms with E-state index in [1.54, 1.807) is 5.41 Å². The third-order valence-corrected chi connectivity index (χ3v) is 3.33. The van der Waals surface area contributed by atoms with Gasteiger partial charge in [-0.15, -0.1) is 11.8 Å². The molecule has 1 N–H and O–H groups in total. The van der Waals surface area contributed by atoms with Gasteiger partial charge in [0, 0.05) is 18.5 Å². The molecular formula is C13H11F3N2OS. The molecule has 7 heteroatoms. The Kier molecular flexibility index (Phi) is 4.49. The first-order valence-electron chi connectivity index (χ1n) is 5.74. The lowest BCUT2D eigenvalue weighted by Crippen LogP contribution is -2.32. The largest absolute Gasteiger partial charge is 0.416 e. The third kappa shape index (κ3) is 3.86. The summed E-state index contributed by atoms with van der Waals surface area (Å²) in [7, 11) is 0. The zero-order chi connectivity index (χ0) is 14.6. The van der Waals surface area contributed by atoms with Crippen LogP contribution in [-0.2, 0) is 17.5 Å². The smallest absolute Gasteiger partial charge is 0.347 e. The molecule has 3 nitrogen and oxygen atoms in total. The molecule has 1 aliphatic rings. The van der Waals surface area contributed by atoms with E-state index in [9.17, 15) is 18.0 Å². The summed E-state index contributed by atoms with van der Waals surface area (Å²) in [5, 5.41) is 4.33. The van der Waals surface area contributed by atoms with Crippen LogP contribution in [0.1, 0.15) is 11.1 Å². The van der Waals surface area contributed by atoms with Crippen molar-refractivity contribution in [2.45, 2.75) is 12.7 Å². The van der Waals surface area contributed by atoms with E-state index in [4.69, 9.17) is 0 Å². The highest BCUT2D eigenvalue weighted by Crippen LogP contribution is 2.29. The Hall–Kier alpha value is -1.76. The minimum Gasteiger partial charge on any atom is -0.347 e. The van der Waals surface area contributed by atoms with Gasteiger partial charge in [0.1, 0.15) is 5.71 Å². The second kappa shape index (κ2) is 6.13. The van der Waals surface area contributed by atoms with Gasteiger partial charge in [-0.25, -0.2) is 0 Å². The summed E-state index contributed by atoms with van der Waals surface area (Å²) in [6.45, 7) is 0.0379. The average Bonchev–Trinajstić information content (AvgIpc) is 2.45. The van der Waals surface area contributed by atoms with Crippen LogP contribution in [0, 0.1) is 0 Å². The number of rotatable bonds is 3. The Morgan fingerprint density at radius 3 is 2.85 bits per heavy atom. The van der Waals surface area contributed by atoms with E-state index in [1.807, 2.05) is 0 Å². The van der Waals surface area contributed by atoms with Crippen molar-refractivity contribution in [3.8, 4) is 0 Å². The molecule has 0 spiro atoms. The molecule has 1 amide bonds. The zero-order valence-electron chi connectivity index (χ0n) is 10.3. The Morgan fingerprint density at radius 2 is 2.20 bits per heavy atom. The number of benzene rings is 1. The van der Waals surface area contributed by atoms with Crippen LogP contribution in [0.4, 0.5) is 13.2 Å². The van der Waals surface area contributed by atoms with Crippen LogP contribution in [0.3, 0.4) is 0 Å². The number of alkyl halides is 3. The van der Waals surface area contributed by atoms with Crippen molar-refractivity contribution in [2.75, 3.05) is 5.75 Å². The molecule has 0 atom stereocenters. The average molecular weight is 300 g/mol. The Balaban J connectivity index is 1.99. The van der Waals surface area contributed by atoms with E-state index in [-0.39, 0.29) is 12.5 Å². The van der Waals surface area contributed by atoms with Crippen LogP contribution in [0.25, 0.3) is 0 Å². The van der Waals surface area contributed by atoms with E-state index in [2.05, 4.69) is 10.3 Å². The van der Waals surface area contributed by atoms with Crippen LogP contribution in [0.2, 0.25) is 0 Å². The molecular weight excluding hydrogens is 289 g/mol. The molecule has 1 aliphatic heterocycles. The predicted octanol–water partition coefficient (Wildman–Crippen LogP) is 2.98. The van der Waals surface area contributed by atoms with Crippen LogP contribution >= 0.6 is 11.8 Å². The number of hydrogen-bond donors (Lipinski definition) is 1. The molecule has 0 unspecified atom stereocenters. The third-order valence-electron chi connectivity index (χ3n) is 2.58. The van der Waals surface area contributed by atoms with Crippen molar-refractivity contribution in [2.24, 2.45) is 4.99 Å². The van der Waals surface area contributed by atoms with Crippen molar-refractivity contribution < 1.29 is 18.0 Å². The molecule has 1 aromatic rings. The summed E-state index contributed by atoms with van der Waals surface area (Å²) in [5.41, 5.74) is 0.0370. The topological polar surface area (TPSA) is 41.5 Å². The molecule has 0 saturated carbocycles. The van der Waals surface area contributed by atoms with Crippen LogP contribution < -0.4 is 5.32 Å². The van der Waals surface area contributed by atoms with Crippen molar-refractivity contribution in [3.05, 3.63) is 47.0 Å². The maximum atomic E-state index is 12.5. The van der Waals surface area contributed by atoms with Gasteiger partial charge in [0.2, 0.25) is 0 Å². The number of thioether (sulfide) groups is 1. The van der Waals surface area contributed by atoms with E-state index >= 15 is 0 Å². The molecule has 0 saturated heterocycles. The summed E-state index contributed by atoms with van der Waals surface area (Å²) in [6, 6.07) is 4.88. The number of nitrogens with one attached hydrogen (secondary N) is 1. The van der Waals surface area contributed by atoms with E-state index in [0.717, 1.165) is 12.1 Å². The quantitative estimate of drug-likeness (QED) is 0.932. The number of hydrogen-bond acceptors (Lipinski definition) is 3. The van der Waals surface area contributed by atoms with Gasteiger partial charge >= 0.3 is 6.18 Å². The van der Waals surface area contributed by atoms with Crippen LogP contribution in [0.5, 0.6) is 0 Å². The maximum absolute atomic E-state index is 12.5. The number of carbonyl (C=O) groups excluding carboxylic acids is 1. The minimum absolute atomic E-state index is 0.0379. The highest BCUT2D eigenvalue weighted by atomic mass is 32.2. The summed E-state index contributed by atoms with van der Waals surface area (Å²) >= 11 is 1.44. The monoisotopic (exact) mass is 300 g/mol. The number of aliphatic imine (C=N–C) groups is 1. The van der Waals surface area contributed by atoms with Crippen molar-refractivity contribution in [1.29, 1.82) is 0 Å². The molecule has 0 fully saturated rings. The normalized spacial score (nSPS) is 14.8. The Bertz CT molecular complexity index is 567. The lowest BCUT2D eigenvalue weighted by Gasteiger charge is -2.11. The fraction of sp³-hybridized carbons (Fsp3) is 0.231. The van der Waals surface area contributed by atoms with Gasteiger partial charge in [0.15, 0.2) is 0 Å². The number of carbonyl (C=O) groups is 1. The van der Waals surface area contributed by atoms with Crippen molar-refractivity contribution >= 4 is 23.4 Å². The molecule has 20 heavy (non-hydrogen) atoms. The number of amides is 1. The highest BCUT2D eigenvalue weighted by molar-refractivity contribution is 8.02. The van der Waals surface area contributed by atoms with Gasteiger partial charge in [-0.2, -0.15) is 13.2 Å². The van der Waals surface area contributed by atoms with Gasteiger partial charge in [0.25, 0.3) is 5.91 Å². The first-order valence-corrected chi connectivity index (χ1v) is 6.79. The Labute approximate surface area is 118 Å². The second-order valence-corrected chi connectivity index (χ2v) is 4.95. The fourth-order valence-corrected chi connectivity index (χ4v) is 2.20. The molecule has 0 aliphatic carbocycles. The van der Waals surface area contributed by atoms with Gasteiger partial charge in [-0.1, -0.05) is 12.1 Å². The lowest BCUT2D eigenvalue weighted by atomic mass is 10.1. The molecule has 106 valence electrons. The van der Waals surface area contributed by atoms with Crippen molar-refractivity contribution in [1.82, 2.24) is 5.32 Å². The lowest BCUT2D eigenvalue weighted by molar-refractivity contribution is -0.137. The fourth-order valence-electron chi connectivity index (χ4n) is 1.59. The zero-order valence-corrected chi connectivity index (χ0v) is 11.1. The Morgan fingerprint density at radius 1 is 1.40 bits per heavy atom. The summed E-state index contributed by atoms with van der Waals surface area (Å²) in [6.07, 6.45) is -2.86. The van der Waals surface area contributed by atoms with E-state index < -0.39 is 11.7 Å². The maximum Gasteiger partial charge on any atom is 0.416 e. The molecule has 0 bridgehead atoms. The SMILES string of the molecule is O=C(NCc1cccc(C(F)(F)F)c1)C1=NC=CSC1. The minimum atomic E-state index is -4.38. The molecule has 1 aromatic carbocycles. The summed E-state index contributed by atoms with van der Waals surface area (Å²) in [5.74, 6) is 0.101. The first-order chi connectivity index (χ1) is 9.47. The molecule has 0 radical (unpaired) electrons. The van der Waals surface area contributed by atoms with Gasteiger partial charge < -0.3 is 5.32 Å². The predicted molar refractivity (Wildman–Crippen MR) is 72.3 cm³/mol. The highest BCUT2D eigenvalue weighted by Gasteiger charge is 2.30. The van der Waals surface area contributed by atoms with Gasteiger partial charge in [-0.3, -0.25) is 9.79 Å². The number of halogens is 3. The summed E-state index contributed by atoms with van der Waals surface area (Å²) < 4.78 is 37.6.